The maximum absolute atomic E-state index is 11.8. The number of esters is 1. The van der Waals surface area contributed by atoms with Crippen molar-refractivity contribution in [3.05, 3.63) is 52.9 Å². The minimum absolute atomic E-state index is 0.206. The van der Waals surface area contributed by atoms with Gasteiger partial charge in [-0.3, -0.25) is 10.1 Å². The molecule has 2 aromatic carbocycles. The third-order valence-electron chi connectivity index (χ3n) is 3.57. The predicted molar refractivity (Wildman–Crippen MR) is 101 cm³/mol. The van der Waals surface area contributed by atoms with Gasteiger partial charge in [0.2, 0.25) is 0 Å². The highest BCUT2D eigenvalue weighted by Crippen LogP contribution is 2.28. The van der Waals surface area contributed by atoms with Crippen LogP contribution in [-0.4, -0.2) is 37.5 Å². The Morgan fingerprint density at radius 1 is 1.19 bits per heavy atom. The molecule has 3 rings (SSSR count). The zero-order valence-electron chi connectivity index (χ0n) is 14.1. The van der Waals surface area contributed by atoms with Crippen molar-refractivity contribution in [1.82, 2.24) is 5.32 Å². The van der Waals surface area contributed by atoms with Crippen molar-refractivity contribution in [3.63, 3.8) is 0 Å². The summed E-state index contributed by atoms with van der Waals surface area (Å²) in [5, 5.41) is 12.8. The number of ether oxygens (including phenoxy) is 2. The minimum atomic E-state index is -0.602. The van der Waals surface area contributed by atoms with E-state index in [2.05, 4.69) is 20.3 Å². The highest BCUT2D eigenvalue weighted by atomic mass is 32.2. The number of amidine groups is 1. The molecule has 7 nitrogen and oxygen atoms in total. The molecule has 0 spiro atoms. The molecule has 1 aliphatic heterocycles. The highest BCUT2D eigenvalue weighted by molar-refractivity contribution is 8.18. The Labute approximate surface area is 153 Å². The number of hydrogen-bond acceptors (Lipinski definition) is 7. The van der Waals surface area contributed by atoms with Crippen LogP contribution in [-0.2, 0) is 14.3 Å². The first-order valence-electron chi connectivity index (χ1n) is 7.58. The van der Waals surface area contributed by atoms with E-state index in [0.717, 1.165) is 39.9 Å². The van der Waals surface area contributed by atoms with Crippen LogP contribution in [0.4, 0.5) is 0 Å². The normalized spacial score (nSPS) is 17.2. The van der Waals surface area contributed by atoms with Gasteiger partial charge in [-0.05, 0) is 23.2 Å². The summed E-state index contributed by atoms with van der Waals surface area (Å²) in [5.41, 5.74) is 0.837. The Kier molecular flexibility index (Phi) is 5.33. The van der Waals surface area contributed by atoms with Crippen LogP contribution < -0.4 is 10.1 Å². The standard InChI is InChI=1S/C18H15N3O4S/c1-24-13-8-4-6-11-5-3-7-12(16(11)13)10-19-21-18-20-17(23)14(26-18)9-15(22)25-2/h3-10H,1-2H3,(H,20,21,23)/b14-9+,19-10?. The number of methoxy groups -OCH3 is 2. The van der Waals surface area contributed by atoms with E-state index in [0.29, 0.717) is 0 Å². The zero-order chi connectivity index (χ0) is 18.5. The summed E-state index contributed by atoms with van der Waals surface area (Å²) in [6, 6.07) is 11.6. The SMILES string of the molecule is COC(=O)/C=C1/S/C(=N\N=Cc2cccc3cccc(OC)c23)NC1=O. The molecule has 1 N–H and O–H groups in total. The van der Waals surface area contributed by atoms with Gasteiger partial charge in [0, 0.05) is 17.0 Å². The first kappa shape index (κ1) is 17.7. The van der Waals surface area contributed by atoms with Crippen LogP contribution >= 0.6 is 11.8 Å². The van der Waals surface area contributed by atoms with Crippen LogP contribution in [0.15, 0.2) is 57.6 Å². The van der Waals surface area contributed by atoms with Crippen molar-refractivity contribution in [2.75, 3.05) is 14.2 Å². The van der Waals surface area contributed by atoms with Gasteiger partial charge in [0.05, 0.1) is 25.3 Å². The van der Waals surface area contributed by atoms with Crippen molar-refractivity contribution in [2.45, 2.75) is 0 Å². The summed E-state index contributed by atoms with van der Waals surface area (Å²) >= 11 is 1.02. The van der Waals surface area contributed by atoms with Crippen LogP contribution in [0, 0.1) is 0 Å². The smallest absolute Gasteiger partial charge is 0.331 e. The largest absolute Gasteiger partial charge is 0.496 e. The predicted octanol–water partition coefficient (Wildman–Crippen LogP) is 2.46. The number of fused-ring (bicyclic) bond motifs is 1. The van der Waals surface area contributed by atoms with Crippen LogP contribution in [0.1, 0.15) is 5.56 Å². The first-order chi connectivity index (χ1) is 12.6. The average molecular weight is 369 g/mol. The third-order valence-corrected chi connectivity index (χ3v) is 4.47. The Morgan fingerprint density at radius 3 is 2.69 bits per heavy atom. The van der Waals surface area contributed by atoms with Crippen LogP contribution in [0.25, 0.3) is 10.8 Å². The molecule has 1 heterocycles. The van der Waals surface area contributed by atoms with Gasteiger partial charge in [-0.25, -0.2) is 4.79 Å². The van der Waals surface area contributed by atoms with Crippen molar-refractivity contribution in [2.24, 2.45) is 10.2 Å². The summed E-state index contributed by atoms with van der Waals surface area (Å²) < 4.78 is 9.92. The van der Waals surface area contributed by atoms with E-state index in [9.17, 15) is 9.59 Å². The van der Waals surface area contributed by atoms with Crippen molar-refractivity contribution in [1.29, 1.82) is 0 Å². The van der Waals surface area contributed by atoms with Gasteiger partial charge in [-0.15, -0.1) is 5.10 Å². The number of carbonyl (C=O) groups is 2. The molecule has 0 unspecified atom stereocenters. The molecule has 8 heteroatoms. The maximum Gasteiger partial charge on any atom is 0.331 e. The van der Waals surface area contributed by atoms with Crippen molar-refractivity contribution < 1.29 is 19.1 Å². The first-order valence-corrected chi connectivity index (χ1v) is 8.39. The number of nitrogens with one attached hydrogen (secondary N) is 1. The number of nitrogens with zero attached hydrogens (tertiary/aromatic N) is 2. The van der Waals surface area contributed by atoms with E-state index in [1.54, 1.807) is 13.3 Å². The lowest BCUT2D eigenvalue weighted by molar-refractivity contribution is -0.135. The van der Waals surface area contributed by atoms with Gasteiger partial charge < -0.3 is 9.47 Å². The van der Waals surface area contributed by atoms with E-state index in [4.69, 9.17) is 4.74 Å². The summed E-state index contributed by atoms with van der Waals surface area (Å²) in [6.45, 7) is 0. The summed E-state index contributed by atoms with van der Waals surface area (Å²) in [4.78, 5) is 23.2. The third kappa shape index (κ3) is 3.75. The molecular formula is C18H15N3O4S. The van der Waals surface area contributed by atoms with E-state index >= 15 is 0 Å². The van der Waals surface area contributed by atoms with E-state index < -0.39 is 11.9 Å². The van der Waals surface area contributed by atoms with Gasteiger partial charge in [0.15, 0.2) is 5.17 Å². The molecule has 0 aliphatic carbocycles. The summed E-state index contributed by atoms with van der Waals surface area (Å²) in [6.07, 6.45) is 2.70. The fourth-order valence-electron chi connectivity index (χ4n) is 2.40. The van der Waals surface area contributed by atoms with Crippen molar-refractivity contribution in [3.8, 4) is 5.75 Å². The second-order valence-corrected chi connectivity index (χ2v) is 6.17. The lowest BCUT2D eigenvalue weighted by Gasteiger charge is -2.07. The van der Waals surface area contributed by atoms with E-state index in [-0.39, 0.29) is 10.1 Å². The van der Waals surface area contributed by atoms with Crippen LogP contribution in [0.3, 0.4) is 0 Å². The Hall–Kier alpha value is -3.13. The van der Waals surface area contributed by atoms with Crippen molar-refractivity contribution >= 4 is 45.8 Å². The molecule has 0 bridgehead atoms. The molecule has 1 aliphatic rings. The molecule has 26 heavy (non-hydrogen) atoms. The second kappa shape index (κ2) is 7.83. The molecule has 0 radical (unpaired) electrons. The molecule has 1 amide bonds. The molecule has 1 saturated heterocycles. The number of hydrogen-bond donors (Lipinski definition) is 1. The van der Waals surface area contributed by atoms with E-state index in [1.807, 2.05) is 36.4 Å². The lowest BCUT2D eigenvalue weighted by Crippen LogP contribution is -2.19. The molecule has 0 aromatic heterocycles. The van der Waals surface area contributed by atoms with Gasteiger partial charge in [0.1, 0.15) is 5.75 Å². The van der Waals surface area contributed by atoms with Gasteiger partial charge in [-0.2, -0.15) is 5.10 Å². The van der Waals surface area contributed by atoms with Gasteiger partial charge >= 0.3 is 5.97 Å². The maximum atomic E-state index is 11.8. The molecule has 0 atom stereocenters. The fraction of sp³-hybridized carbons (Fsp3) is 0.111. The highest BCUT2D eigenvalue weighted by Gasteiger charge is 2.25. The molecule has 0 saturated carbocycles. The van der Waals surface area contributed by atoms with Crippen LogP contribution in [0.5, 0.6) is 5.75 Å². The molecule has 132 valence electrons. The summed E-state index contributed by atoms with van der Waals surface area (Å²) in [5.74, 6) is -0.277. The lowest BCUT2D eigenvalue weighted by atomic mass is 10.0. The Morgan fingerprint density at radius 2 is 1.96 bits per heavy atom. The van der Waals surface area contributed by atoms with Gasteiger partial charge in [-0.1, -0.05) is 30.3 Å². The average Bonchev–Trinajstić information content (AvgIpc) is 3.00. The van der Waals surface area contributed by atoms with E-state index in [1.165, 1.54) is 7.11 Å². The Balaban J connectivity index is 1.85. The van der Waals surface area contributed by atoms with Crippen LogP contribution in [0.2, 0.25) is 0 Å². The number of carbonyl (C=O) groups excluding carboxylic acids is 2. The molecule has 1 fully saturated rings. The fourth-order valence-corrected chi connectivity index (χ4v) is 3.14. The number of rotatable bonds is 4. The second-order valence-electron chi connectivity index (χ2n) is 5.14. The molecule has 2 aromatic rings. The number of benzene rings is 2. The Bertz CT molecular complexity index is 961. The van der Waals surface area contributed by atoms with Gasteiger partial charge in [0.25, 0.3) is 5.91 Å². The monoisotopic (exact) mass is 369 g/mol. The topological polar surface area (TPSA) is 89.3 Å². The number of thioether (sulfide) groups is 1. The molecular weight excluding hydrogens is 354 g/mol. The minimum Gasteiger partial charge on any atom is -0.496 e. The summed E-state index contributed by atoms with van der Waals surface area (Å²) in [7, 11) is 2.86. The zero-order valence-corrected chi connectivity index (χ0v) is 14.9. The quantitative estimate of drug-likeness (QED) is 0.387. The number of amides is 1.